The van der Waals surface area contributed by atoms with E-state index in [9.17, 15) is 14.4 Å². The highest BCUT2D eigenvalue weighted by Gasteiger charge is 2.32. The van der Waals surface area contributed by atoms with Crippen LogP contribution >= 0.6 is 0 Å². The molecule has 35 heavy (non-hydrogen) atoms. The first-order valence-corrected chi connectivity index (χ1v) is 11.0. The lowest BCUT2D eigenvalue weighted by atomic mass is 10.1. The number of anilines is 1. The van der Waals surface area contributed by atoms with Crippen molar-refractivity contribution in [1.82, 2.24) is 4.90 Å². The predicted molar refractivity (Wildman–Crippen MR) is 125 cm³/mol. The van der Waals surface area contributed by atoms with Crippen LogP contribution in [0.2, 0.25) is 0 Å². The number of ether oxygens (including phenoxy) is 4. The van der Waals surface area contributed by atoms with E-state index in [-0.39, 0.29) is 29.3 Å². The van der Waals surface area contributed by atoms with Gasteiger partial charge in [-0.05, 0) is 45.1 Å². The molecule has 0 N–H and O–H groups in total. The van der Waals surface area contributed by atoms with Gasteiger partial charge in [-0.3, -0.25) is 0 Å². The Kier molecular flexibility index (Phi) is 7.83. The normalized spacial score (nSPS) is 17.8. The highest BCUT2D eigenvalue weighted by Crippen LogP contribution is 2.31. The zero-order chi connectivity index (χ0) is 25.8. The molecular formula is C25H29FN2O7. The van der Waals surface area contributed by atoms with E-state index in [1.54, 1.807) is 39.0 Å². The van der Waals surface area contributed by atoms with Gasteiger partial charge in [-0.1, -0.05) is 6.08 Å². The molecule has 188 valence electrons. The molecule has 10 heteroatoms. The Labute approximate surface area is 203 Å². The molecule has 2 heterocycles. The van der Waals surface area contributed by atoms with Gasteiger partial charge in [-0.15, -0.1) is 0 Å². The molecule has 0 bridgehead atoms. The van der Waals surface area contributed by atoms with Crippen molar-refractivity contribution in [2.45, 2.75) is 38.9 Å². The van der Waals surface area contributed by atoms with Crippen molar-refractivity contribution in [1.29, 1.82) is 0 Å². The molecular weight excluding hydrogens is 459 g/mol. The van der Waals surface area contributed by atoms with E-state index in [0.29, 0.717) is 13.0 Å². The van der Waals surface area contributed by atoms with Crippen LogP contribution in [-0.4, -0.2) is 61.9 Å². The third-order valence-corrected chi connectivity index (χ3v) is 5.17. The summed E-state index contributed by atoms with van der Waals surface area (Å²) in [5.41, 5.74) is -0.515. The summed E-state index contributed by atoms with van der Waals surface area (Å²) in [7, 11) is 2.37. The lowest BCUT2D eigenvalue weighted by Gasteiger charge is -2.25. The van der Waals surface area contributed by atoms with Crippen LogP contribution in [-0.2, 0) is 23.8 Å². The second-order valence-electron chi connectivity index (χ2n) is 8.89. The minimum atomic E-state index is -0.796. The van der Waals surface area contributed by atoms with E-state index in [4.69, 9.17) is 18.9 Å². The number of nitrogens with zero attached hydrogens (tertiary/aromatic N) is 2. The Bertz CT molecular complexity index is 1090. The molecule has 0 aliphatic carbocycles. The van der Waals surface area contributed by atoms with Gasteiger partial charge in [-0.2, -0.15) is 0 Å². The lowest BCUT2D eigenvalue weighted by Crippen LogP contribution is -2.36. The largest absolute Gasteiger partial charge is 0.485 e. The first-order chi connectivity index (χ1) is 16.5. The second-order valence-corrected chi connectivity index (χ2v) is 8.89. The number of halogens is 1. The summed E-state index contributed by atoms with van der Waals surface area (Å²) in [6.45, 7) is 6.08. The first kappa shape index (κ1) is 25.8. The van der Waals surface area contributed by atoms with Gasteiger partial charge in [0.15, 0.2) is 11.6 Å². The Morgan fingerprint density at radius 1 is 1.06 bits per heavy atom. The number of rotatable bonds is 5. The van der Waals surface area contributed by atoms with Gasteiger partial charge in [0.05, 0.1) is 26.3 Å². The molecule has 0 saturated carbocycles. The number of likely N-dealkylation sites (tertiary alicyclic amines) is 1. The summed E-state index contributed by atoms with van der Waals surface area (Å²) in [5.74, 6) is -2.21. The molecule has 2 aliphatic rings. The highest BCUT2D eigenvalue weighted by molar-refractivity contribution is 6.05. The number of carbonyl (C=O) groups excluding carboxylic acids is 3. The van der Waals surface area contributed by atoms with Crippen molar-refractivity contribution < 1.29 is 37.7 Å². The maximum atomic E-state index is 15.0. The van der Waals surface area contributed by atoms with E-state index in [0.717, 1.165) is 0 Å². The lowest BCUT2D eigenvalue weighted by molar-refractivity contribution is -0.139. The monoisotopic (exact) mass is 488 g/mol. The van der Waals surface area contributed by atoms with Crippen LogP contribution in [0.15, 0.2) is 53.9 Å². The molecule has 1 atom stereocenters. The zero-order valence-corrected chi connectivity index (χ0v) is 20.4. The minimum Gasteiger partial charge on any atom is -0.485 e. The van der Waals surface area contributed by atoms with Crippen LogP contribution < -0.4 is 9.64 Å². The molecule has 1 aromatic rings. The molecule has 1 aromatic carbocycles. The minimum absolute atomic E-state index is 0.00138. The summed E-state index contributed by atoms with van der Waals surface area (Å²) in [6, 6.07) is 4.16. The number of amides is 1. The van der Waals surface area contributed by atoms with E-state index in [1.165, 1.54) is 48.4 Å². The van der Waals surface area contributed by atoms with Crippen molar-refractivity contribution in [3.8, 4) is 5.75 Å². The molecule has 0 aromatic heterocycles. The fourth-order valence-corrected chi connectivity index (χ4v) is 3.60. The van der Waals surface area contributed by atoms with Gasteiger partial charge >= 0.3 is 18.0 Å². The quantitative estimate of drug-likeness (QED) is 0.458. The average Bonchev–Trinajstić information content (AvgIpc) is 3.16. The molecule has 1 amide bonds. The van der Waals surface area contributed by atoms with Crippen molar-refractivity contribution in [2.75, 3.05) is 32.2 Å². The Balaban J connectivity index is 1.80. The van der Waals surface area contributed by atoms with Crippen LogP contribution in [0.5, 0.6) is 5.75 Å². The third kappa shape index (κ3) is 6.20. The maximum Gasteiger partial charge on any atom is 0.410 e. The topological polar surface area (TPSA) is 94.6 Å². The number of hydrogen-bond donors (Lipinski definition) is 0. The molecule has 3 rings (SSSR count). The van der Waals surface area contributed by atoms with Crippen molar-refractivity contribution in [3.63, 3.8) is 0 Å². The summed E-state index contributed by atoms with van der Waals surface area (Å²) < 4.78 is 35.9. The Hall–Kier alpha value is -3.82. The smallest absolute Gasteiger partial charge is 0.410 e. The molecule has 1 unspecified atom stereocenters. The number of carbonyl (C=O) groups is 3. The fraction of sp³-hybridized carbons (Fsp3) is 0.400. The number of methoxy groups -OCH3 is 2. The summed E-state index contributed by atoms with van der Waals surface area (Å²) in [5, 5.41) is 0. The fourth-order valence-electron chi connectivity index (χ4n) is 3.60. The Morgan fingerprint density at radius 3 is 2.40 bits per heavy atom. The number of esters is 2. The SMILES string of the molecule is COC(=O)C1=C(C(=O)OC)N(c2ccc(OC3CCN(C(=O)OC(C)(C)C)C3)c(F)c2)C=CC=C1. The maximum absolute atomic E-state index is 15.0. The summed E-state index contributed by atoms with van der Waals surface area (Å²) in [4.78, 5) is 39.9. The van der Waals surface area contributed by atoms with Crippen LogP contribution in [0.4, 0.5) is 14.9 Å². The zero-order valence-electron chi connectivity index (χ0n) is 20.4. The third-order valence-electron chi connectivity index (χ3n) is 5.17. The van der Waals surface area contributed by atoms with Gasteiger partial charge < -0.3 is 28.7 Å². The average molecular weight is 489 g/mol. The molecule has 0 spiro atoms. The van der Waals surface area contributed by atoms with Gasteiger partial charge in [0.2, 0.25) is 0 Å². The summed E-state index contributed by atoms with van der Waals surface area (Å²) >= 11 is 0. The van der Waals surface area contributed by atoms with Crippen LogP contribution in [0.3, 0.4) is 0 Å². The molecule has 1 fully saturated rings. The van der Waals surface area contributed by atoms with Crippen molar-refractivity contribution in [3.05, 3.63) is 59.7 Å². The second kappa shape index (κ2) is 10.6. The van der Waals surface area contributed by atoms with E-state index in [2.05, 4.69) is 0 Å². The first-order valence-electron chi connectivity index (χ1n) is 11.0. The number of allylic oxidation sites excluding steroid dienone is 2. The van der Waals surface area contributed by atoms with E-state index >= 15 is 4.39 Å². The van der Waals surface area contributed by atoms with Gasteiger partial charge in [-0.25, -0.2) is 18.8 Å². The molecule has 2 aliphatic heterocycles. The van der Waals surface area contributed by atoms with Crippen LogP contribution in [0.25, 0.3) is 0 Å². The molecule has 0 radical (unpaired) electrons. The van der Waals surface area contributed by atoms with E-state index in [1.807, 2.05) is 0 Å². The number of benzene rings is 1. The van der Waals surface area contributed by atoms with Crippen LogP contribution in [0, 0.1) is 5.82 Å². The van der Waals surface area contributed by atoms with E-state index < -0.39 is 35.6 Å². The van der Waals surface area contributed by atoms with Crippen molar-refractivity contribution >= 4 is 23.7 Å². The Morgan fingerprint density at radius 2 is 1.77 bits per heavy atom. The van der Waals surface area contributed by atoms with Gasteiger partial charge in [0.25, 0.3) is 0 Å². The standard InChI is InChI=1S/C25H29FN2O7/c1-25(2,3)35-24(31)27-13-11-17(15-27)34-20-10-9-16(14-19(20)26)28-12-7-6-8-18(22(29)32-4)21(28)23(30)33-5/h6-10,12,14,17H,11,13,15H2,1-5H3. The molecule has 9 nitrogen and oxygen atoms in total. The van der Waals surface area contributed by atoms with Crippen LogP contribution in [0.1, 0.15) is 27.2 Å². The highest BCUT2D eigenvalue weighted by atomic mass is 19.1. The summed E-state index contributed by atoms with van der Waals surface area (Å²) in [6.07, 6.45) is 5.75. The predicted octanol–water partition coefficient (Wildman–Crippen LogP) is 3.70. The van der Waals surface area contributed by atoms with Crippen molar-refractivity contribution in [2.24, 2.45) is 0 Å². The van der Waals surface area contributed by atoms with Gasteiger partial charge in [0, 0.05) is 30.9 Å². The van der Waals surface area contributed by atoms with Gasteiger partial charge in [0.1, 0.15) is 17.4 Å². The number of hydrogen-bond acceptors (Lipinski definition) is 8. The molecule has 1 saturated heterocycles.